The lowest BCUT2D eigenvalue weighted by molar-refractivity contribution is -0.140. The van der Waals surface area contributed by atoms with E-state index >= 15 is 0 Å². The zero-order valence-electron chi connectivity index (χ0n) is 22.5. The summed E-state index contributed by atoms with van der Waals surface area (Å²) >= 11 is 0. The average molecular weight is 509 g/mol. The Balaban J connectivity index is 1.97. The van der Waals surface area contributed by atoms with Gasteiger partial charge in [0.05, 0.1) is 24.8 Å². The van der Waals surface area contributed by atoms with Gasteiger partial charge in [-0.3, -0.25) is 9.59 Å². The van der Waals surface area contributed by atoms with Crippen LogP contribution in [0.2, 0.25) is 0 Å². The van der Waals surface area contributed by atoms with Gasteiger partial charge in [-0.25, -0.2) is 0 Å². The number of hydrogen-bond acceptors (Lipinski definition) is 6. The van der Waals surface area contributed by atoms with Gasteiger partial charge in [-0.15, -0.1) is 0 Å². The van der Waals surface area contributed by atoms with Crippen molar-refractivity contribution in [3.8, 4) is 11.5 Å². The third-order valence-corrected chi connectivity index (χ3v) is 6.58. The van der Waals surface area contributed by atoms with Gasteiger partial charge in [-0.05, 0) is 80.9 Å². The van der Waals surface area contributed by atoms with Gasteiger partial charge in [0.2, 0.25) is 0 Å². The van der Waals surface area contributed by atoms with Crippen molar-refractivity contribution in [1.82, 2.24) is 9.80 Å². The summed E-state index contributed by atoms with van der Waals surface area (Å²) in [5.41, 5.74) is 1.34. The van der Waals surface area contributed by atoms with Crippen molar-refractivity contribution in [2.75, 3.05) is 39.4 Å². The van der Waals surface area contributed by atoms with Crippen LogP contribution in [-0.2, 0) is 9.59 Å². The molecule has 0 aromatic heterocycles. The fourth-order valence-corrected chi connectivity index (χ4v) is 4.51. The van der Waals surface area contributed by atoms with Crippen LogP contribution in [0.5, 0.6) is 11.5 Å². The Morgan fingerprint density at radius 2 is 1.41 bits per heavy atom. The van der Waals surface area contributed by atoms with Crippen molar-refractivity contribution in [3.63, 3.8) is 0 Å². The summed E-state index contributed by atoms with van der Waals surface area (Å²) in [6.45, 7) is 12.6. The summed E-state index contributed by atoms with van der Waals surface area (Å²) in [5, 5.41) is 11.3. The monoisotopic (exact) mass is 508 g/mol. The minimum atomic E-state index is -0.673. The largest absolute Gasteiger partial charge is 0.507 e. The molecule has 37 heavy (non-hydrogen) atoms. The van der Waals surface area contributed by atoms with Crippen LogP contribution >= 0.6 is 0 Å². The molecule has 1 fully saturated rings. The molecule has 1 heterocycles. The number of benzene rings is 2. The van der Waals surface area contributed by atoms with E-state index in [1.54, 1.807) is 29.2 Å². The van der Waals surface area contributed by atoms with E-state index < -0.39 is 17.7 Å². The first kappa shape index (κ1) is 28.3. The molecule has 0 saturated carbocycles. The SMILES string of the molecule is CCCOc1ccc(C(O)=C2C(=O)C(=O)N(CCCN(CC)CC)[C@@H]2c2ccc(OCCC)cc2)cc1. The molecule has 1 saturated heterocycles. The number of carbonyl (C=O) groups is 2. The van der Waals surface area contributed by atoms with Gasteiger partial charge in [0.1, 0.15) is 17.3 Å². The van der Waals surface area contributed by atoms with Gasteiger partial charge in [0, 0.05) is 12.1 Å². The molecular formula is C30H40N2O5. The van der Waals surface area contributed by atoms with E-state index in [1.807, 2.05) is 38.1 Å². The maximum absolute atomic E-state index is 13.3. The number of ketones is 1. The van der Waals surface area contributed by atoms with Gasteiger partial charge < -0.3 is 24.4 Å². The minimum Gasteiger partial charge on any atom is -0.507 e. The van der Waals surface area contributed by atoms with Crippen molar-refractivity contribution in [2.24, 2.45) is 0 Å². The molecule has 1 amide bonds. The number of Topliss-reactive ketones (excluding diaryl/α,β-unsaturated/α-hetero) is 1. The molecule has 0 radical (unpaired) electrons. The van der Waals surface area contributed by atoms with Crippen LogP contribution in [0.15, 0.2) is 54.1 Å². The molecule has 3 rings (SSSR count). The molecule has 1 aliphatic rings. The second-order valence-corrected chi connectivity index (χ2v) is 9.16. The highest BCUT2D eigenvalue weighted by molar-refractivity contribution is 6.46. The quantitative estimate of drug-likeness (QED) is 0.209. The smallest absolute Gasteiger partial charge is 0.295 e. The number of likely N-dealkylation sites (tertiary alicyclic amines) is 1. The van der Waals surface area contributed by atoms with Crippen LogP contribution in [0.1, 0.15) is 64.1 Å². The van der Waals surface area contributed by atoms with Gasteiger partial charge in [0.25, 0.3) is 11.7 Å². The maximum atomic E-state index is 13.3. The normalized spacial score (nSPS) is 17.0. The van der Waals surface area contributed by atoms with Crippen molar-refractivity contribution in [3.05, 3.63) is 65.2 Å². The minimum absolute atomic E-state index is 0.109. The Kier molecular flexibility index (Phi) is 10.6. The molecule has 0 bridgehead atoms. The van der Waals surface area contributed by atoms with E-state index in [0.717, 1.165) is 50.2 Å². The van der Waals surface area contributed by atoms with Gasteiger partial charge >= 0.3 is 0 Å². The third kappa shape index (κ3) is 6.92. The Labute approximate surface area is 220 Å². The molecule has 0 spiro atoms. The molecular weight excluding hydrogens is 468 g/mol. The van der Waals surface area contributed by atoms with E-state index in [-0.39, 0.29) is 11.3 Å². The average Bonchev–Trinajstić information content (AvgIpc) is 3.18. The van der Waals surface area contributed by atoms with Crippen LogP contribution in [0.25, 0.3) is 5.76 Å². The molecule has 0 unspecified atom stereocenters. The molecule has 1 atom stereocenters. The predicted octanol–water partition coefficient (Wildman–Crippen LogP) is 5.42. The van der Waals surface area contributed by atoms with Gasteiger partial charge in [0.15, 0.2) is 0 Å². The van der Waals surface area contributed by atoms with Gasteiger partial charge in [-0.1, -0.05) is 39.8 Å². The van der Waals surface area contributed by atoms with E-state index in [9.17, 15) is 14.7 Å². The Hall–Kier alpha value is -3.32. The van der Waals surface area contributed by atoms with E-state index in [2.05, 4.69) is 18.7 Å². The molecule has 1 N–H and O–H groups in total. The van der Waals surface area contributed by atoms with Crippen molar-refractivity contribution < 1.29 is 24.2 Å². The maximum Gasteiger partial charge on any atom is 0.295 e. The highest BCUT2D eigenvalue weighted by Gasteiger charge is 2.45. The summed E-state index contributed by atoms with van der Waals surface area (Å²) in [4.78, 5) is 30.4. The highest BCUT2D eigenvalue weighted by Crippen LogP contribution is 2.40. The Morgan fingerprint density at radius 3 is 1.92 bits per heavy atom. The van der Waals surface area contributed by atoms with E-state index in [1.165, 1.54) is 0 Å². The van der Waals surface area contributed by atoms with Crippen LogP contribution in [0, 0.1) is 0 Å². The summed E-state index contributed by atoms with van der Waals surface area (Å²) in [5.74, 6) is -0.00701. The zero-order valence-corrected chi connectivity index (χ0v) is 22.5. The lowest BCUT2D eigenvalue weighted by atomic mass is 9.95. The lowest BCUT2D eigenvalue weighted by Crippen LogP contribution is -2.33. The number of carbonyl (C=O) groups excluding carboxylic acids is 2. The fraction of sp³-hybridized carbons (Fsp3) is 0.467. The molecule has 7 nitrogen and oxygen atoms in total. The first-order valence-corrected chi connectivity index (χ1v) is 13.4. The fourth-order valence-electron chi connectivity index (χ4n) is 4.51. The van der Waals surface area contributed by atoms with E-state index in [0.29, 0.717) is 31.1 Å². The number of hydrogen-bond donors (Lipinski definition) is 1. The zero-order chi connectivity index (χ0) is 26.8. The molecule has 0 aliphatic carbocycles. The number of aliphatic hydroxyl groups is 1. The summed E-state index contributed by atoms with van der Waals surface area (Å²) < 4.78 is 11.4. The van der Waals surface area contributed by atoms with Crippen molar-refractivity contribution >= 4 is 17.4 Å². The van der Waals surface area contributed by atoms with Gasteiger partial charge in [-0.2, -0.15) is 0 Å². The number of aliphatic hydroxyl groups excluding tert-OH is 1. The molecule has 7 heteroatoms. The Bertz CT molecular complexity index is 1060. The number of nitrogens with zero attached hydrogens (tertiary/aromatic N) is 2. The highest BCUT2D eigenvalue weighted by atomic mass is 16.5. The topological polar surface area (TPSA) is 79.3 Å². The van der Waals surface area contributed by atoms with Crippen LogP contribution in [0.3, 0.4) is 0 Å². The Morgan fingerprint density at radius 1 is 0.865 bits per heavy atom. The lowest BCUT2D eigenvalue weighted by Gasteiger charge is -2.27. The molecule has 2 aromatic carbocycles. The van der Waals surface area contributed by atoms with Crippen molar-refractivity contribution in [1.29, 1.82) is 0 Å². The summed E-state index contributed by atoms with van der Waals surface area (Å²) in [7, 11) is 0. The van der Waals surface area contributed by atoms with Crippen LogP contribution in [-0.4, -0.2) is 66.0 Å². The number of amides is 1. The molecule has 200 valence electrons. The number of ether oxygens (including phenoxy) is 2. The predicted molar refractivity (Wildman–Crippen MR) is 146 cm³/mol. The van der Waals surface area contributed by atoms with E-state index in [4.69, 9.17) is 9.47 Å². The third-order valence-electron chi connectivity index (χ3n) is 6.58. The second kappa shape index (κ2) is 13.8. The standard InChI is InChI=1S/C30H40N2O5/c1-5-20-36-24-14-10-22(11-15-24)27-26(28(33)23-12-16-25(17-13-23)37-21-6-2)29(34)30(35)32(27)19-9-18-31(7-3)8-4/h10-17,27,33H,5-9,18-21H2,1-4H3/t27-/m1/s1. The summed E-state index contributed by atoms with van der Waals surface area (Å²) in [6, 6.07) is 13.7. The van der Waals surface area contributed by atoms with Crippen LogP contribution in [0.4, 0.5) is 0 Å². The molecule has 1 aliphatic heterocycles. The van der Waals surface area contributed by atoms with Crippen molar-refractivity contribution in [2.45, 2.75) is 53.0 Å². The number of rotatable bonds is 14. The first-order chi connectivity index (χ1) is 17.9. The summed E-state index contributed by atoms with van der Waals surface area (Å²) in [6.07, 6.45) is 2.52. The van der Waals surface area contributed by atoms with Crippen LogP contribution < -0.4 is 9.47 Å². The second-order valence-electron chi connectivity index (χ2n) is 9.16. The molecule has 2 aromatic rings. The first-order valence-electron chi connectivity index (χ1n) is 13.4.